The van der Waals surface area contributed by atoms with Gasteiger partial charge in [0, 0.05) is 31.7 Å². The number of benzene rings is 1. The molecule has 2 heterocycles. The maximum Gasteiger partial charge on any atom is 0.409 e. The summed E-state index contributed by atoms with van der Waals surface area (Å²) in [4.78, 5) is 34.3. The molecule has 2 aromatic rings. The molecule has 0 spiro atoms. The van der Waals surface area contributed by atoms with Crippen molar-refractivity contribution in [2.75, 3.05) is 25.0 Å². The van der Waals surface area contributed by atoms with Crippen molar-refractivity contribution in [2.45, 2.75) is 39.3 Å². The van der Waals surface area contributed by atoms with Crippen LogP contribution in [-0.4, -0.2) is 52.6 Å². The molecule has 1 saturated heterocycles. The molecule has 8 heteroatoms. The highest BCUT2D eigenvalue weighted by Gasteiger charge is 2.23. The molecule has 8 nitrogen and oxygen atoms in total. The lowest BCUT2D eigenvalue weighted by Crippen LogP contribution is -2.42. The maximum absolute atomic E-state index is 12.5. The number of amides is 2. The SMILES string of the molecule is CCOC(=O)N1CCC(Nc2cc(C(=O)NCc3ccccc3C)ncn2)CC1. The number of aromatic nitrogens is 2. The Labute approximate surface area is 170 Å². The number of nitrogens with one attached hydrogen (secondary N) is 2. The van der Waals surface area contributed by atoms with Gasteiger partial charge < -0.3 is 20.3 Å². The lowest BCUT2D eigenvalue weighted by atomic mass is 10.1. The van der Waals surface area contributed by atoms with Crippen molar-refractivity contribution in [3.05, 3.63) is 53.5 Å². The van der Waals surface area contributed by atoms with E-state index in [0.717, 1.165) is 24.0 Å². The van der Waals surface area contributed by atoms with Crippen molar-refractivity contribution in [3.8, 4) is 0 Å². The molecule has 0 saturated carbocycles. The van der Waals surface area contributed by atoms with Crippen molar-refractivity contribution in [3.63, 3.8) is 0 Å². The van der Waals surface area contributed by atoms with Crippen molar-refractivity contribution >= 4 is 17.8 Å². The van der Waals surface area contributed by atoms with Crippen LogP contribution in [0, 0.1) is 6.92 Å². The minimum Gasteiger partial charge on any atom is -0.450 e. The lowest BCUT2D eigenvalue weighted by molar-refractivity contribution is 0.0943. The van der Waals surface area contributed by atoms with Crippen LogP contribution in [0.2, 0.25) is 0 Å². The minimum atomic E-state index is -0.263. The van der Waals surface area contributed by atoms with Crippen LogP contribution in [0.25, 0.3) is 0 Å². The predicted octanol–water partition coefficient (Wildman–Crippen LogP) is 2.75. The van der Waals surface area contributed by atoms with Crippen LogP contribution >= 0.6 is 0 Å². The zero-order chi connectivity index (χ0) is 20.6. The summed E-state index contributed by atoms with van der Waals surface area (Å²) in [6.07, 6.45) is 2.70. The molecule has 2 N–H and O–H groups in total. The van der Waals surface area contributed by atoms with Gasteiger partial charge in [0.25, 0.3) is 5.91 Å². The van der Waals surface area contributed by atoms with Crippen LogP contribution in [0.15, 0.2) is 36.7 Å². The Morgan fingerprint density at radius 1 is 1.21 bits per heavy atom. The van der Waals surface area contributed by atoms with Crippen LogP contribution in [0.5, 0.6) is 0 Å². The van der Waals surface area contributed by atoms with Gasteiger partial charge in [-0.3, -0.25) is 4.79 Å². The molecule has 1 aromatic heterocycles. The van der Waals surface area contributed by atoms with E-state index in [1.165, 1.54) is 6.33 Å². The highest BCUT2D eigenvalue weighted by Crippen LogP contribution is 2.16. The monoisotopic (exact) mass is 397 g/mol. The molecular weight excluding hydrogens is 370 g/mol. The molecule has 29 heavy (non-hydrogen) atoms. The lowest BCUT2D eigenvalue weighted by Gasteiger charge is -2.31. The topological polar surface area (TPSA) is 96.5 Å². The van der Waals surface area contributed by atoms with Gasteiger partial charge in [-0.05, 0) is 37.8 Å². The van der Waals surface area contributed by atoms with Gasteiger partial charge >= 0.3 is 6.09 Å². The summed E-state index contributed by atoms with van der Waals surface area (Å²) < 4.78 is 5.04. The second kappa shape index (κ2) is 9.86. The number of likely N-dealkylation sites (tertiary alicyclic amines) is 1. The molecule has 3 rings (SSSR count). The predicted molar refractivity (Wildman–Crippen MR) is 110 cm³/mol. The number of anilines is 1. The molecule has 2 amide bonds. The van der Waals surface area contributed by atoms with E-state index in [1.54, 1.807) is 17.9 Å². The molecule has 0 unspecified atom stereocenters. The Bertz CT molecular complexity index is 850. The van der Waals surface area contributed by atoms with Gasteiger partial charge in [0.1, 0.15) is 17.8 Å². The Morgan fingerprint density at radius 2 is 1.97 bits per heavy atom. The third-order valence-corrected chi connectivity index (χ3v) is 4.97. The third kappa shape index (κ3) is 5.66. The van der Waals surface area contributed by atoms with Crippen molar-refractivity contribution in [1.29, 1.82) is 0 Å². The molecular formula is C21H27N5O3. The van der Waals surface area contributed by atoms with E-state index < -0.39 is 0 Å². The first-order valence-corrected chi connectivity index (χ1v) is 9.89. The molecule has 0 bridgehead atoms. The fourth-order valence-corrected chi connectivity index (χ4v) is 3.27. The van der Waals surface area contributed by atoms with Gasteiger partial charge in [-0.1, -0.05) is 24.3 Å². The summed E-state index contributed by atoms with van der Waals surface area (Å²) >= 11 is 0. The third-order valence-electron chi connectivity index (χ3n) is 4.97. The zero-order valence-corrected chi connectivity index (χ0v) is 16.9. The highest BCUT2D eigenvalue weighted by molar-refractivity contribution is 5.92. The quantitative estimate of drug-likeness (QED) is 0.778. The summed E-state index contributed by atoms with van der Waals surface area (Å²) in [5, 5.41) is 6.24. The van der Waals surface area contributed by atoms with Crippen LogP contribution in [0.1, 0.15) is 41.4 Å². The first-order chi connectivity index (χ1) is 14.1. The fourth-order valence-electron chi connectivity index (χ4n) is 3.27. The average molecular weight is 397 g/mol. The summed E-state index contributed by atoms with van der Waals surface area (Å²) in [6.45, 7) is 5.91. The Balaban J connectivity index is 1.52. The van der Waals surface area contributed by atoms with E-state index in [4.69, 9.17) is 4.74 Å². The van der Waals surface area contributed by atoms with Crippen LogP contribution < -0.4 is 10.6 Å². The average Bonchev–Trinajstić information content (AvgIpc) is 2.74. The Hall–Kier alpha value is -3.16. The number of hydrogen-bond acceptors (Lipinski definition) is 6. The van der Waals surface area contributed by atoms with E-state index in [9.17, 15) is 9.59 Å². The van der Waals surface area contributed by atoms with E-state index >= 15 is 0 Å². The number of aryl methyl sites for hydroxylation is 1. The van der Waals surface area contributed by atoms with Gasteiger partial charge in [0.15, 0.2) is 0 Å². The maximum atomic E-state index is 12.5. The van der Waals surface area contributed by atoms with Crippen LogP contribution in [0.4, 0.5) is 10.6 Å². The highest BCUT2D eigenvalue weighted by atomic mass is 16.6. The number of hydrogen-bond donors (Lipinski definition) is 2. The zero-order valence-electron chi connectivity index (χ0n) is 16.9. The Morgan fingerprint density at radius 3 is 2.69 bits per heavy atom. The summed E-state index contributed by atoms with van der Waals surface area (Å²) in [5.74, 6) is 0.367. The summed E-state index contributed by atoms with van der Waals surface area (Å²) in [5.41, 5.74) is 2.52. The van der Waals surface area contributed by atoms with Crippen molar-refractivity contribution < 1.29 is 14.3 Å². The van der Waals surface area contributed by atoms with Gasteiger partial charge in [-0.15, -0.1) is 0 Å². The van der Waals surface area contributed by atoms with Gasteiger partial charge in [-0.2, -0.15) is 0 Å². The number of piperidine rings is 1. The first-order valence-electron chi connectivity index (χ1n) is 9.89. The Kier molecular flexibility index (Phi) is 6.99. The summed E-state index contributed by atoms with van der Waals surface area (Å²) in [7, 11) is 0. The van der Waals surface area contributed by atoms with Gasteiger partial charge in [-0.25, -0.2) is 14.8 Å². The standard InChI is InChI=1S/C21H27N5O3/c1-3-29-21(28)26-10-8-17(9-11-26)25-19-12-18(23-14-24-19)20(27)22-13-16-7-5-4-6-15(16)2/h4-7,12,14,17H,3,8-11,13H2,1-2H3,(H,22,27)(H,23,24,25). The van der Waals surface area contributed by atoms with E-state index in [1.807, 2.05) is 31.2 Å². The first kappa shape index (κ1) is 20.6. The number of nitrogens with zero attached hydrogens (tertiary/aromatic N) is 3. The number of carbonyl (C=O) groups is 2. The molecule has 1 fully saturated rings. The second-order valence-electron chi connectivity index (χ2n) is 7.00. The molecule has 1 aromatic carbocycles. The van der Waals surface area contributed by atoms with Gasteiger partial charge in [0.2, 0.25) is 0 Å². The number of rotatable bonds is 6. The van der Waals surface area contributed by atoms with Gasteiger partial charge in [0.05, 0.1) is 6.61 Å². The van der Waals surface area contributed by atoms with E-state index in [2.05, 4.69) is 20.6 Å². The summed E-state index contributed by atoms with van der Waals surface area (Å²) in [6, 6.07) is 9.77. The smallest absolute Gasteiger partial charge is 0.409 e. The molecule has 1 aliphatic heterocycles. The molecule has 1 aliphatic rings. The largest absolute Gasteiger partial charge is 0.450 e. The fraction of sp³-hybridized carbons (Fsp3) is 0.429. The van der Waals surface area contributed by atoms with Crippen LogP contribution in [0.3, 0.4) is 0 Å². The van der Waals surface area contributed by atoms with Crippen LogP contribution in [-0.2, 0) is 11.3 Å². The van der Waals surface area contributed by atoms with Crippen molar-refractivity contribution in [2.24, 2.45) is 0 Å². The molecule has 0 atom stereocenters. The molecule has 0 radical (unpaired) electrons. The van der Waals surface area contributed by atoms with Crippen molar-refractivity contribution in [1.82, 2.24) is 20.2 Å². The minimum absolute atomic E-state index is 0.179. The normalized spacial score (nSPS) is 14.3. The van der Waals surface area contributed by atoms with E-state index in [-0.39, 0.29) is 18.0 Å². The molecule has 0 aliphatic carbocycles. The molecule has 154 valence electrons. The second-order valence-corrected chi connectivity index (χ2v) is 7.00. The van der Waals surface area contributed by atoms with E-state index in [0.29, 0.717) is 37.8 Å². The number of ether oxygens (including phenoxy) is 1. The number of carbonyl (C=O) groups excluding carboxylic acids is 2.